The van der Waals surface area contributed by atoms with Crippen molar-refractivity contribution in [2.24, 2.45) is 14.1 Å². The molecule has 0 fully saturated rings. The molecule has 0 aromatic carbocycles. The van der Waals surface area contributed by atoms with E-state index in [-0.39, 0.29) is 0 Å². The van der Waals surface area contributed by atoms with Crippen LogP contribution in [-0.2, 0) is 14.1 Å². The summed E-state index contributed by atoms with van der Waals surface area (Å²) in [4.78, 5) is 0. The Morgan fingerprint density at radius 2 is 1.33 bits per heavy atom. The molecule has 0 aliphatic heterocycles. The second-order valence-electron chi connectivity index (χ2n) is 4.03. The van der Waals surface area contributed by atoms with Crippen LogP contribution in [0.25, 0.3) is 0 Å². The molecule has 0 bridgehead atoms. The van der Waals surface area contributed by atoms with Gasteiger partial charge >= 0.3 is 6.92 Å². The van der Waals surface area contributed by atoms with E-state index in [9.17, 15) is 5.02 Å². The summed E-state index contributed by atoms with van der Waals surface area (Å²) in [6.07, 6.45) is 0. The summed E-state index contributed by atoms with van der Waals surface area (Å²) in [5.74, 6) is 0. The molecular weight excluding hydrogens is 227 g/mol. The van der Waals surface area contributed by atoms with Gasteiger partial charge in [0.25, 0.3) is 0 Å². The maximum atomic E-state index is 10.3. The van der Waals surface area contributed by atoms with E-state index in [0.717, 1.165) is 0 Å². The number of nitriles is 2. The molecule has 0 aliphatic rings. The minimum atomic E-state index is -0.857. The Labute approximate surface area is 105 Å². The van der Waals surface area contributed by atoms with Crippen LogP contribution >= 0.6 is 0 Å². The van der Waals surface area contributed by atoms with Crippen molar-refractivity contribution in [3.8, 4) is 12.1 Å². The zero-order chi connectivity index (χ0) is 13.3. The topological polar surface area (TPSA) is 77.7 Å². The first-order chi connectivity index (χ1) is 8.60. The summed E-state index contributed by atoms with van der Waals surface area (Å²) < 4.78 is 3.29. The van der Waals surface area contributed by atoms with Crippen LogP contribution in [0.5, 0.6) is 0 Å². The van der Waals surface area contributed by atoms with E-state index in [1.165, 1.54) is 0 Å². The predicted molar refractivity (Wildman–Crippen MR) is 67.5 cm³/mol. The molecule has 0 atom stereocenters. The third-order valence-corrected chi connectivity index (χ3v) is 3.11. The smallest absolute Gasteiger partial charge is 0.393 e. The molecule has 2 aromatic rings. The summed E-state index contributed by atoms with van der Waals surface area (Å²) >= 11 is 0. The lowest BCUT2D eigenvalue weighted by molar-refractivity contribution is 0.593. The summed E-state index contributed by atoms with van der Waals surface area (Å²) in [7, 11) is 3.45. The summed E-state index contributed by atoms with van der Waals surface area (Å²) in [6, 6.07) is 10.8. The molecule has 0 saturated heterocycles. The molecule has 2 rings (SSSR count). The number of hydrogen-bond acceptors (Lipinski definition) is 3. The third-order valence-electron chi connectivity index (χ3n) is 3.11. The zero-order valence-corrected chi connectivity index (χ0v) is 10.1. The largest absolute Gasteiger partial charge is 0.441 e. The fourth-order valence-corrected chi connectivity index (χ4v) is 1.98. The van der Waals surface area contributed by atoms with Crippen LogP contribution in [0.4, 0.5) is 0 Å². The Kier molecular flexibility index (Phi) is 2.97. The lowest BCUT2D eigenvalue weighted by atomic mass is 9.61. The highest BCUT2D eigenvalue weighted by atomic mass is 16.2. The standard InChI is InChI=1S/C12H11BN4O/c1-16-9(7-14)3-5-11(16)13(18)12-6-4-10(8-15)17(12)2/h3-6,18H,1-2H3. The number of aromatic nitrogens is 2. The Bertz CT molecular complexity index is 613. The molecular formula is C12H11BN4O. The molecule has 0 spiro atoms. The minimum Gasteiger partial charge on any atom is -0.441 e. The molecule has 5 nitrogen and oxygen atoms in total. The van der Waals surface area contributed by atoms with E-state index in [2.05, 4.69) is 0 Å². The average Bonchev–Trinajstić information content (AvgIpc) is 2.91. The van der Waals surface area contributed by atoms with Crippen molar-refractivity contribution in [2.45, 2.75) is 0 Å². The van der Waals surface area contributed by atoms with Crippen molar-refractivity contribution >= 4 is 18.1 Å². The van der Waals surface area contributed by atoms with Crippen LogP contribution in [0.15, 0.2) is 24.3 Å². The molecule has 88 valence electrons. The number of nitrogens with zero attached hydrogens (tertiary/aromatic N) is 4. The summed E-state index contributed by atoms with van der Waals surface area (Å²) in [5.41, 5.74) is 2.21. The lowest BCUT2D eigenvalue weighted by Gasteiger charge is -2.10. The van der Waals surface area contributed by atoms with E-state index in [1.807, 2.05) is 12.1 Å². The quantitative estimate of drug-likeness (QED) is 0.696. The first-order valence-electron chi connectivity index (χ1n) is 5.39. The number of rotatable bonds is 2. The van der Waals surface area contributed by atoms with Gasteiger partial charge in [-0.1, -0.05) is 0 Å². The molecule has 0 saturated carbocycles. The number of hydrogen-bond donors (Lipinski definition) is 1. The third kappa shape index (κ3) is 1.69. The van der Waals surface area contributed by atoms with Gasteiger partial charge < -0.3 is 14.2 Å². The van der Waals surface area contributed by atoms with Gasteiger partial charge in [0.1, 0.15) is 23.5 Å². The van der Waals surface area contributed by atoms with Gasteiger partial charge in [0.2, 0.25) is 0 Å². The Morgan fingerprint density at radius 3 is 1.61 bits per heavy atom. The molecule has 2 heterocycles. The van der Waals surface area contributed by atoms with Crippen molar-refractivity contribution in [3.63, 3.8) is 0 Å². The maximum Gasteiger partial charge on any atom is 0.393 e. The first-order valence-corrected chi connectivity index (χ1v) is 5.39. The van der Waals surface area contributed by atoms with Gasteiger partial charge in [-0.25, -0.2) is 0 Å². The van der Waals surface area contributed by atoms with Gasteiger partial charge in [-0.15, -0.1) is 0 Å². The second kappa shape index (κ2) is 4.44. The summed E-state index contributed by atoms with van der Waals surface area (Å²) in [5, 5.41) is 28.1. The fraction of sp³-hybridized carbons (Fsp3) is 0.167. The molecule has 0 unspecified atom stereocenters. The SMILES string of the molecule is Cn1c(C#N)ccc1B(O)c1ccc(C#N)n1C. The molecule has 18 heavy (non-hydrogen) atoms. The van der Waals surface area contributed by atoms with Crippen LogP contribution in [0.2, 0.25) is 0 Å². The van der Waals surface area contributed by atoms with E-state index < -0.39 is 6.92 Å². The normalized spacial score (nSPS) is 9.83. The van der Waals surface area contributed by atoms with E-state index in [0.29, 0.717) is 22.6 Å². The highest BCUT2D eigenvalue weighted by molar-refractivity contribution is 6.77. The van der Waals surface area contributed by atoms with Gasteiger partial charge in [-0.3, -0.25) is 0 Å². The molecule has 6 heteroatoms. The molecule has 2 aromatic heterocycles. The second-order valence-corrected chi connectivity index (χ2v) is 4.03. The van der Waals surface area contributed by atoms with Crippen molar-refractivity contribution in [1.29, 1.82) is 10.5 Å². The lowest BCUT2D eigenvalue weighted by Crippen LogP contribution is -2.48. The highest BCUT2D eigenvalue weighted by Crippen LogP contribution is 2.00. The van der Waals surface area contributed by atoms with Crippen molar-refractivity contribution < 1.29 is 5.02 Å². The van der Waals surface area contributed by atoms with Crippen LogP contribution < -0.4 is 11.2 Å². The van der Waals surface area contributed by atoms with Crippen molar-refractivity contribution in [1.82, 2.24) is 9.13 Å². The van der Waals surface area contributed by atoms with Gasteiger partial charge in [0.05, 0.1) is 0 Å². The van der Waals surface area contributed by atoms with Crippen molar-refractivity contribution in [3.05, 3.63) is 35.7 Å². The minimum absolute atomic E-state index is 0.485. The van der Waals surface area contributed by atoms with E-state index >= 15 is 0 Å². The monoisotopic (exact) mass is 238 g/mol. The van der Waals surface area contributed by atoms with Crippen LogP contribution in [0, 0.1) is 22.7 Å². The van der Waals surface area contributed by atoms with Gasteiger partial charge in [-0.05, 0) is 24.3 Å². The van der Waals surface area contributed by atoms with Gasteiger partial charge in [0.15, 0.2) is 0 Å². The average molecular weight is 238 g/mol. The van der Waals surface area contributed by atoms with Crippen molar-refractivity contribution in [2.75, 3.05) is 0 Å². The highest BCUT2D eigenvalue weighted by Gasteiger charge is 2.24. The molecule has 0 radical (unpaired) electrons. The fourth-order valence-electron chi connectivity index (χ4n) is 1.98. The predicted octanol–water partition coefficient (Wildman–Crippen LogP) is -0.795. The first kappa shape index (κ1) is 12.0. The molecule has 0 aliphatic carbocycles. The molecule has 0 amide bonds. The maximum absolute atomic E-state index is 10.3. The Morgan fingerprint density at radius 1 is 0.944 bits per heavy atom. The van der Waals surface area contributed by atoms with E-state index in [1.54, 1.807) is 47.5 Å². The van der Waals surface area contributed by atoms with Crippen LogP contribution in [0.3, 0.4) is 0 Å². The van der Waals surface area contributed by atoms with Gasteiger partial charge in [0, 0.05) is 25.3 Å². The van der Waals surface area contributed by atoms with Crippen LogP contribution in [-0.4, -0.2) is 21.1 Å². The van der Waals surface area contributed by atoms with E-state index in [4.69, 9.17) is 10.5 Å². The Balaban J connectivity index is 2.46. The zero-order valence-electron chi connectivity index (χ0n) is 10.1. The van der Waals surface area contributed by atoms with Gasteiger partial charge in [-0.2, -0.15) is 10.5 Å². The Hall–Kier alpha value is -2.44. The summed E-state index contributed by atoms with van der Waals surface area (Å²) in [6.45, 7) is -0.857. The molecule has 1 N–H and O–H groups in total. The van der Waals surface area contributed by atoms with Crippen LogP contribution in [0.1, 0.15) is 11.4 Å².